The molecule has 0 aliphatic heterocycles. The van der Waals surface area contributed by atoms with E-state index in [1.165, 1.54) is 103 Å². The molecule has 3 heteroatoms. The van der Waals surface area contributed by atoms with Crippen LogP contribution in [0.3, 0.4) is 0 Å². The third-order valence-corrected chi connectivity index (χ3v) is 13.0. The second-order valence-corrected chi connectivity index (χ2v) is 15.9. The van der Waals surface area contributed by atoms with E-state index in [1.54, 1.807) is 0 Å². The van der Waals surface area contributed by atoms with Gasteiger partial charge in [-0.25, -0.2) is 0 Å². The Hall–Kier alpha value is -7.20. The van der Waals surface area contributed by atoms with Gasteiger partial charge in [0.25, 0.3) is 0 Å². The Balaban J connectivity index is 1.11. The van der Waals surface area contributed by atoms with E-state index in [0.29, 0.717) is 0 Å². The maximum Gasteiger partial charge on any atom is 0.0640 e. The molecule has 0 atom stereocenters. The van der Waals surface area contributed by atoms with Gasteiger partial charge in [0.1, 0.15) is 0 Å². The van der Waals surface area contributed by atoms with Crippen molar-refractivity contribution in [3.05, 3.63) is 217 Å². The van der Waals surface area contributed by atoms with Crippen LogP contribution in [0.2, 0.25) is 0 Å². The molecular weight excluding hydrogens is 709 g/mol. The van der Waals surface area contributed by atoms with E-state index < -0.39 is 0 Å². The lowest BCUT2D eigenvalue weighted by molar-refractivity contribution is 1.18. The minimum Gasteiger partial charge on any atom is -0.309 e. The number of thiophene rings is 1. The zero-order valence-corrected chi connectivity index (χ0v) is 31.7. The van der Waals surface area contributed by atoms with Crippen LogP contribution in [0.25, 0.3) is 97.6 Å². The summed E-state index contributed by atoms with van der Waals surface area (Å²) in [7, 11) is 0. The molecule has 0 N–H and O–H groups in total. The molecule has 2 nitrogen and oxygen atoms in total. The lowest BCUT2D eigenvalue weighted by Crippen LogP contribution is -1.93. The van der Waals surface area contributed by atoms with E-state index in [1.807, 2.05) is 11.3 Å². The van der Waals surface area contributed by atoms with Crippen LogP contribution in [0, 0.1) is 0 Å². The standard InChI is InChI=1S/C54H34N2S/c1-3-15-36(16-4-1)45(33-35-29-31-49-46(34-35)52-39-20-8-7-17-37(39)30-32-50(52)55(49)38-18-5-2-6-19-38)44-24-13-23-42-43-25-14-28-51(54(43)57-53(42)44)56-47-26-11-9-21-40(47)41-22-10-12-27-48(41)56/h1-34H. The summed E-state index contributed by atoms with van der Waals surface area (Å²) in [5, 5.41) is 10.2. The maximum absolute atomic E-state index is 2.46. The summed E-state index contributed by atoms with van der Waals surface area (Å²) in [6.45, 7) is 0. The van der Waals surface area contributed by atoms with Crippen molar-refractivity contribution in [2.24, 2.45) is 0 Å². The molecule has 0 amide bonds. The molecule has 0 saturated heterocycles. The van der Waals surface area contributed by atoms with E-state index >= 15 is 0 Å². The van der Waals surface area contributed by atoms with Crippen molar-refractivity contribution < 1.29 is 0 Å². The molecule has 0 spiro atoms. The summed E-state index contributed by atoms with van der Waals surface area (Å²) in [6.07, 6.45) is 2.40. The van der Waals surface area contributed by atoms with Gasteiger partial charge in [-0.2, -0.15) is 0 Å². The van der Waals surface area contributed by atoms with Gasteiger partial charge in [-0.15, -0.1) is 11.3 Å². The number of benzene rings is 9. The smallest absolute Gasteiger partial charge is 0.0640 e. The molecule has 0 radical (unpaired) electrons. The highest BCUT2D eigenvalue weighted by Gasteiger charge is 2.20. The first-order valence-corrected chi connectivity index (χ1v) is 20.3. The highest BCUT2D eigenvalue weighted by molar-refractivity contribution is 7.26. The van der Waals surface area contributed by atoms with Crippen LogP contribution < -0.4 is 0 Å². The average Bonchev–Trinajstić information content (AvgIpc) is 3.94. The highest BCUT2D eigenvalue weighted by atomic mass is 32.1. The molecule has 0 saturated carbocycles. The van der Waals surface area contributed by atoms with Gasteiger partial charge in [0, 0.05) is 48.3 Å². The van der Waals surface area contributed by atoms with Gasteiger partial charge in [0.2, 0.25) is 0 Å². The van der Waals surface area contributed by atoms with E-state index in [4.69, 9.17) is 0 Å². The van der Waals surface area contributed by atoms with Crippen molar-refractivity contribution in [3.63, 3.8) is 0 Å². The zero-order valence-electron chi connectivity index (χ0n) is 30.9. The summed E-state index contributed by atoms with van der Waals surface area (Å²) in [5.41, 5.74) is 12.1. The fraction of sp³-hybridized carbons (Fsp3) is 0. The lowest BCUT2D eigenvalue weighted by Gasteiger charge is -2.11. The second kappa shape index (κ2) is 12.7. The summed E-state index contributed by atoms with van der Waals surface area (Å²) in [5.74, 6) is 0. The van der Waals surface area contributed by atoms with Crippen molar-refractivity contribution in [3.8, 4) is 11.4 Å². The van der Waals surface area contributed by atoms with Gasteiger partial charge < -0.3 is 9.13 Å². The first-order valence-electron chi connectivity index (χ1n) is 19.5. The quantitative estimate of drug-likeness (QED) is 0.155. The van der Waals surface area contributed by atoms with E-state index in [2.05, 4.69) is 215 Å². The summed E-state index contributed by atoms with van der Waals surface area (Å²) < 4.78 is 7.46. The molecule has 266 valence electrons. The third kappa shape index (κ3) is 4.89. The molecule has 57 heavy (non-hydrogen) atoms. The van der Waals surface area contributed by atoms with Crippen molar-refractivity contribution >= 4 is 97.5 Å². The minimum atomic E-state index is 1.16. The Morgan fingerprint density at radius 2 is 1.00 bits per heavy atom. The number of para-hydroxylation sites is 3. The number of nitrogens with zero attached hydrogens (tertiary/aromatic N) is 2. The number of aromatic nitrogens is 2. The molecule has 3 heterocycles. The van der Waals surface area contributed by atoms with Crippen molar-refractivity contribution in [2.45, 2.75) is 0 Å². The largest absolute Gasteiger partial charge is 0.309 e. The number of hydrogen-bond acceptors (Lipinski definition) is 1. The molecule has 12 aromatic rings. The Bertz CT molecular complexity index is 3510. The van der Waals surface area contributed by atoms with Crippen LogP contribution in [0.5, 0.6) is 0 Å². The van der Waals surface area contributed by atoms with Crippen molar-refractivity contribution in [1.82, 2.24) is 9.13 Å². The molecule has 0 aliphatic carbocycles. The summed E-state index contributed by atoms with van der Waals surface area (Å²) in [4.78, 5) is 0. The van der Waals surface area contributed by atoms with Crippen LogP contribution in [0.4, 0.5) is 0 Å². The van der Waals surface area contributed by atoms with Crippen molar-refractivity contribution in [1.29, 1.82) is 0 Å². The van der Waals surface area contributed by atoms with Gasteiger partial charge in [-0.05, 0) is 82.1 Å². The highest BCUT2D eigenvalue weighted by Crippen LogP contribution is 2.45. The lowest BCUT2D eigenvalue weighted by atomic mass is 9.94. The van der Waals surface area contributed by atoms with Crippen LogP contribution in [-0.2, 0) is 0 Å². The fourth-order valence-corrected chi connectivity index (χ4v) is 10.6. The zero-order chi connectivity index (χ0) is 37.5. The molecule has 9 aromatic carbocycles. The second-order valence-electron chi connectivity index (χ2n) is 14.9. The Labute approximate surface area is 333 Å². The minimum absolute atomic E-state index is 1.16. The summed E-state index contributed by atoms with van der Waals surface area (Å²) >= 11 is 1.91. The van der Waals surface area contributed by atoms with Crippen LogP contribution in [0.15, 0.2) is 200 Å². The first kappa shape index (κ1) is 32.1. The predicted octanol–water partition coefficient (Wildman–Crippen LogP) is 15.0. The predicted molar refractivity (Wildman–Crippen MR) is 245 cm³/mol. The van der Waals surface area contributed by atoms with Gasteiger partial charge in [0.05, 0.1) is 32.5 Å². The van der Waals surface area contributed by atoms with Crippen LogP contribution >= 0.6 is 11.3 Å². The third-order valence-electron chi connectivity index (χ3n) is 11.7. The molecule has 0 fully saturated rings. The monoisotopic (exact) mass is 742 g/mol. The molecule has 12 rings (SSSR count). The van der Waals surface area contributed by atoms with Crippen LogP contribution in [-0.4, -0.2) is 9.13 Å². The van der Waals surface area contributed by atoms with Crippen molar-refractivity contribution in [2.75, 3.05) is 0 Å². The topological polar surface area (TPSA) is 9.86 Å². The Morgan fingerprint density at radius 1 is 0.404 bits per heavy atom. The normalized spacial score (nSPS) is 12.3. The van der Waals surface area contributed by atoms with E-state index in [0.717, 1.165) is 5.69 Å². The molecule has 0 unspecified atom stereocenters. The number of fused-ring (bicyclic) bond motifs is 11. The maximum atomic E-state index is 2.46. The van der Waals surface area contributed by atoms with Gasteiger partial charge in [0.15, 0.2) is 0 Å². The molecule has 0 aliphatic rings. The van der Waals surface area contributed by atoms with Gasteiger partial charge >= 0.3 is 0 Å². The molecular formula is C54H34N2S. The summed E-state index contributed by atoms with van der Waals surface area (Å²) in [6, 6.07) is 73.1. The average molecular weight is 743 g/mol. The SMILES string of the molecule is C(=C(c1ccccc1)c1cccc2c1sc1c(-n3c4ccccc4c4ccccc43)cccc12)c1ccc2c(c1)c1c3ccccc3ccc1n2-c1ccccc1. The Morgan fingerprint density at radius 3 is 1.77 bits per heavy atom. The van der Waals surface area contributed by atoms with E-state index in [-0.39, 0.29) is 0 Å². The van der Waals surface area contributed by atoms with Gasteiger partial charge in [-0.1, -0.05) is 152 Å². The fourth-order valence-electron chi connectivity index (χ4n) is 9.23. The molecule has 0 bridgehead atoms. The van der Waals surface area contributed by atoms with E-state index in [9.17, 15) is 0 Å². The first-order chi connectivity index (χ1) is 28.3. The molecule has 3 aromatic heterocycles. The Kier molecular flexibility index (Phi) is 7.13. The van der Waals surface area contributed by atoms with Gasteiger partial charge in [-0.3, -0.25) is 0 Å². The van der Waals surface area contributed by atoms with Crippen LogP contribution in [0.1, 0.15) is 16.7 Å². The number of rotatable bonds is 5. The number of hydrogen-bond donors (Lipinski definition) is 0.